The molecule has 3 heterocycles. The third-order valence-corrected chi connectivity index (χ3v) is 5.43. The lowest BCUT2D eigenvalue weighted by Crippen LogP contribution is -2.52. The topological polar surface area (TPSA) is 75.9 Å². The summed E-state index contributed by atoms with van der Waals surface area (Å²) in [6.07, 6.45) is 1.47. The summed E-state index contributed by atoms with van der Waals surface area (Å²) >= 11 is 0. The zero-order chi connectivity index (χ0) is 21.1. The highest BCUT2D eigenvalue weighted by molar-refractivity contribution is 5.81. The van der Waals surface area contributed by atoms with Crippen LogP contribution in [0.3, 0.4) is 0 Å². The Labute approximate surface area is 176 Å². The summed E-state index contributed by atoms with van der Waals surface area (Å²) in [5.74, 6) is 3.12. The molecule has 0 bridgehead atoms. The Bertz CT molecular complexity index is 1010. The van der Waals surface area contributed by atoms with Crippen LogP contribution in [0.25, 0.3) is 5.78 Å². The van der Waals surface area contributed by atoms with Gasteiger partial charge in [0.2, 0.25) is 0 Å². The first kappa shape index (κ1) is 20.1. The average Bonchev–Trinajstić information content (AvgIpc) is 3.15. The number of amides is 1. The van der Waals surface area contributed by atoms with Crippen LogP contribution in [-0.2, 0) is 11.2 Å². The zero-order valence-electron chi connectivity index (χ0n) is 17.8. The highest BCUT2D eigenvalue weighted by Crippen LogP contribution is 2.20. The third kappa shape index (κ3) is 4.08. The third-order valence-electron chi connectivity index (χ3n) is 5.43. The van der Waals surface area contributed by atoms with Crippen LogP contribution in [0.15, 0.2) is 36.4 Å². The number of rotatable bonds is 6. The number of nitrogens with zero attached hydrogens (tertiary/aromatic N) is 6. The summed E-state index contributed by atoms with van der Waals surface area (Å²) in [7, 11) is 0. The molecule has 3 aromatic rings. The Balaban J connectivity index is 1.42. The van der Waals surface area contributed by atoms with Crippen molar-refractivity contribution >= 4 is 17.5 Å². The minimum Gasteiger partial charge on any atom is -0.481 e. The number of carbonyl (C=O) groups is 1. The second-order valence-electron chi connectivity index (χ2n) is 7.62. The summed E-state index contributed by atoms with van der Waals surface area (Å²) in [5.41, 5.74) is 1.17. The van der Waals surface area contributed by atoms with E-state index in [9.17, 15) is 4.79 Å². The standard InChI is InChI=1S/C22H28N6O2/c1-4-8-18-15-20(23-22-25-24-17(3)28(18)22)26-11-13-27(14-12-26)21(29)16(2)30-19-9-6-5-7-10-19/h5-7,9-10,15-16H,4,8,11-14H2,1-3H3/t16-/m0/s1. The van der Waals surface area contributed by atoms with Crippen molar-refractivity contribution < 1.29 is 9.53 Å². The zero-order valence-corrected chi connectivity index (χ0v) is 17.8. The summed E-state index contributed by atoms with van der Waals surface area (Å²) in [4.78, 5) is 21.6. The molecule has 1 atom stereocenters. The Morgan fingerprint density at radius 1 is 1.13 bits per heavy atom. The first-order valence-corrected chi connectivity index (χ1v) is 10.5. The number of anilines is 1. The van der Waals surface area contributed by atoms with Crippen molar-refractivity contribution in [1.82, 2.24) is 24.5 Å². The van der Waals surface area contributed by atoms with E-state index in [-0.39, 0.29) is 5.91 Å². The molecule has 1 saturated heterocycles. The molecular weight excluding hydrogens is 380 g/mol. The molecule has 1 aromatic carbocycles. The van der Waals surface area contributed by atoms with Gasteiger partial charge in [-0.05, 0) is 32.4 Å². The van der Waals surface area contributed by atoms with E-state index in [1.54, 1.807) is 0 Å². The molecule has 8 nitrogen and oxygen atoms in total. The van der Waals surface area contributed by atoms with Crippen molar-refractivity contribution in [3.05, 3.63) is 47.9 Å². The van der Waals surface area contributed by atoms with Gasteiger partial charge in [-0.15, -0.1) is 10.2 Å². The first-order valence-electron chi connectivity index (χ1n) is 10.5. The van der Waals surface area contributed by atoms with Crippen LogP contribution in [0, 0.1) is 6.92 Å². The van der Waals surface area contributed by atoms with Crippen LogP contribution in [0.5, 0.6) is 5.75 Å². The van der Waals surface area contributed by atoms with E-state index >= 15 is 0 Å². The van der Waals surface area contributed by atoms with Gasteiger partial charge >= 0.3 is 0 Å². The fourth-order valence-corrected chi connectivity index (χ4v) is 3.88. The predicted octanol–water partition coefficient (Wildman–Crippen LogP) is 2.50. The Morgan fingerprint density at radius 3 is 2.57 bits per heavy atom. The highest BCUT2D eigenvalue weighted by atomic mass is 16.5. The molecule has 158 valence electrons. The molecule has 1 aliphatic rings. The number of ether oxygens (including phenoxy) is 1. The van der Waals surface area contributed by atoms with Gasteiger partial charge in [0.15, 0.2) is 6.10 Å². The maximum Gasteiger partial charge on any atom is 0.263 e. The number of para-hydroxylation sites is 1. The molecule has 0 unspecified atom stereocenters. The maximum absolute atomic E-state index is 12.8. The van der Waals surface area contributed by atoms with E-state index in [1.807, 2.05) is 53.5 Å². The van der Waals surface area contributed by atoms with Gasteiger partial charge in [0.25, 0.3) is 11.7 Å². The molecule has 0 N–H and O–H groups in total. The smallest absolute Gasteiger partial charge is 0.263 e. The van der Waals surface area contributed by atoms with Gasteiger partial charge in [0.05, 0.1) is 0 Å². The van der Waals surface area contributed by atoms with Crippen molar-refractivity contribution in [3.8, 4) is 5.75 Å². The van der Waals surface area contributed by atoms with Crippen LogP contribution < -0.4 is 9.64 Å². The number of hydrogen-bond donors (Lipinski definition) is 0. The van der Waals surface area contributed by atoms with E-state index in [4.69, 9.17) is 9.72 Å². The number of aromatic nitrogens is 4. The molecule has 0 saturated carbocycles. The second kappa shape index (κ2) is 8.69. The summed E-state index contributed by atoms with van der Waals surface area (Å²) in [6, 6.07) is 11.6. The molecule has 0 spiro atoms. The molecule has 4 rings (SSSR count). The quantitative estimate of drug-likeness (QED) is 0.624. The Morgan fingerprint density at radius 2 is 1.87 bits per heavy atom. The first-order chi connectivity index (χ1) is 14.6. The van der Waals surface area contributed by atoms with Crippen molar-refractivity contribution in [2.45, 2.75) is 39.7 Å². The van der Waals surface area contributed by atoms with E-state index < -0.39 is 6.10 Å². The van der Waals surface area contributed by atoms with Crippen LogP contribution >= 0.6 is 0 Å². The van der Waals surface area contributed by atoms with Gasteiger partial charge in [-0.1, -0.05) is 31.5 Å². The minimum absolute atomic E-state index is 0.0154. The fourth-order valence-electron chi connectivity index (χ4n) is 3.88. The second-order valence-corrected chi connectivity index (χ2v) is 7.62. The molecule has 8 heteroatoms. The van der Waals surface area contributed by atoms with Gasteiger partial charge in [-0.25, -0.2) is 0 Å². The fraction of sp³-hybridized carbons (Fsp3) is 0.455. The Hall–Kier alpha value is -3.16. The molecule has 2 aromatic heterocycles. The molecule has 1 fully saturated rings. The van der Waals surface area contributed by atoms with Crippen molar-refractivity contribution in [3.63, 3.8) is 0 Å². The molecule has 1 amide bonds. The van der Waals surface area contributed by atoms with E-state index in [0.29, 0.717) is 24.6 Å². The van der Waals surface area contributed by atoms with E-state index in [0.717, 1.165) is 37.6 Å². The van der Waals surface area contributed by atoms with Gasteiger partial charge < -0.3 is 14.5 Å². The molecule has 0 aliphatic carbocycles. The predicted molar refractivity (Wildman–Crippen MR) is 115 cm³/mol. The van der Waals surface area contributed by atoms with Crippen LogP contribution in [0.2, 0.25) is 0 Å². The van der Waals surface area contributed by atoms with Crippen molar-refractivity contribution in [2.24, 2.45) is 0 Å². The number of benzene rings is 1. The van der Waals surface area contributed by atoms with Gasteiger partial charge in [0, 0.05) is 37.9 Å². The van der Waals surface area contributed by atoms with Crippen LogP contribution in [0.1, 0.15) is 31.8 Å². The Kier molecular flexibility index (Phi) is 5.83. The lowest BCUT2D eigenvalue weighted by atomic mass is 10.2. The number of carbonyl (C=O) groups excluding carboxylic acids is 1. The SMILES string of the molecule is CCCc1cc(N2CCN(C(=O)[C@H](C)Oc3ccccc3)CC2)nc2nnc(C)n12. The van der Waals surface area contributed by atoms with Crippen LogP contribution in [0.4, 0.5) is 5.82 Å². The minimum atomic E-state index is -0.511. The van der Waals surface area contributed by atoms with Gasteiger partial charge in [-0.2, -0.15) is 4.98 Å². The summed E-state index contributed by atoms with van der Waals surface area (Å²) < 4.78 is 7.82. The van der Waals surface area contributed by atoms with Crippen molar-refractivity contribution in [2.75, 3.05) is 31.1 Å². The van der Waals surface area contributed by atoms with E-state index in [2.05, 4.69) is 28.1 Å². The largest absolute Gasteiger partial charge is 0.481 e. The number of aryl methyl sites for hydroxylation is 2. The lowest BCUT2D eigenvalue weighted by molar-refractivity contribution is -0.138. The molecular formula is C22H28N6O2. The average molecular weight is 409 g/mol. The monoisotopic (exact) mass is 408 g/mol. The van der Waals surface area contributed by atoms with Gasteiger partial charge in [-0.3, -0.25) is 9.20 Å². The molecule has 30 heavy (non-hydrogen) atoms. The summed E-state index contributed by atoms with van der Waals surface area (Å²) in [6.45, 7) is 8.66. The summed E-state index contributed by atoms with van der Waals surface area (Å²) in [5, 5.41) is 8.40. The lowest BCUT2D eigenvalue weighted by Gasteiger charge is -2.36. The molecule has 0 radical (unpaired) electrons. The highest BCUT2D eigenvalue weighted by Gasteiger charge is 2.27. The van der Waals surface area contributed by atoms with E-state index in [1.165, 1.54) is 5.69 Å². The van der Waals surface area contributed by atoms with Crippen molar-refractivity contribution in [1.29, 1.82) is 0 Å². The maximum atomic E-state index is 12.8. The van der Waals surface area contributed by atoms with Crippen LogP contribution in [-0.4, -0.2) is 62.7 Å². The number of hydrogen-bond acceptors (Lipinski definition) is 6. The number of fused-ring (bicyclic) bond motifs is 1. The van der Waals surface area contributed by atoms with Gasteiger partial charge in [0.1, 0.15) is 17.4 Å². The molecule has 1 aliphatic heterocycles. The normalized spacial score (nSPS) is 15.4. The number of piperazine rings is 1.